The van der Waals surface area contributed by atoms with Crippen LogP contribution in [-0.2, 0) is 6.61 Å². The van der Waals surface area contributed by atoms with E-state index in [-0.39, 0.29) is 6.61 Å². The van der Waals surface area contributed by atoms with Gasteiger partial charge in [0.15, 0.2) is 0 Å². The van der Waals surface area contributed by atoms with Gasteiger partial charge in [-0.15, -0.1) is 11.3 Å². The molecule has 0 radical (unpaired) electrons. The Hall–Kier alpha value is -0.160. The van der Waals surface area contributed by atoms with Gasteiger partial charge in [-0.25, -0.2) is 4.98 Å². The van der Waals surface area contributed by atoms with Crippen LogP contribution in [-0.4, -0.2) is 10.1 Å². The Morgan fingerprint density at radius 1 is 1.62 bits per heavy atom. The maximum atomic E-state index is 9.04. The molecule has 68 valence electrons. The number of aromatic nitrogens is 1. The highest BCUT2D eigenvalue weighted by molar-refractivity contribution is 9.10. The second-order valence-electron chi connectivity index (χ2n) is 2.52. The van der Waals surface area contributed by atoms with Gasteiger partial charge in [0.2, 0.25) is 0 Å². The van der Waals surface area contributed by atoms with Crippen molar-refractivity contribution in [1.29, 1.82) is 0 Å². The highest BCUT2D eigenvalue weighted by Gasteiger charge is 2.10. The highest BCUT2D eigenvalue weighted by atomic mass is 79.9. The number of aliphatic hydroxyl groups excluding tert-OH is 1. The molecule has 5 heteroatoms. The van der Waals surface area contributed by atoms with Gasteiger partial charge in [-0.3, -0.25) is 0 Å². The molecule has 2 aromatic rings. The zero-order valence-corrected chi connectivity index (χ0v) is 9.58. The van der Waals surface area contributed by atoms with Crippen molar-refractivity contribution in [2.24, 2.45) is 0 Å². The van der Waals surface area contributed by atoms with Crippen LogP contribution in [0, 0.1) is 0 Å². The molecular formula is C8H5BrClNOS. The number of pyridine rings is 1. The van der Waals surface area contributed by atoms with Gasteiger partial charge in [0.05, 0.1) is 6.61 Å². The van der Waals surface area contributed by atoms with Crippen molar-refractivity contribution in [3.05, 3.63) is 26.8 Å². The molecule has 0 aliphatic heterocycles. The first-order chi connectivity index (χ1) is 6.24. The lowest BCUT2D eigenvalue weighted by atomic mass is 10.2. The summed E-state index contributed by atoms with van der Waals surface area (Å²) in [7, 11) is 0. The minimum atomic E-state index is -0.00633. The zero-order valence-electron chi connectivity index (χ0n) is 6.42. The van der Waals surface area contributed by atoms with Gasteiger partial charge >= 0.3 is 0 Å². The molecule has 0 saturated carbocycles. The predicted molar refractivity (Wildman–Crippen MR) is 58.3 cm³/mol. The second-order valence-corrected chi connectivity index (χ2v) is 4.61. The van der Waals surface area contributed by atoms with E-state index in [1.54, 1.807) is 17.5 Å². The van der Waals surface area contributed by atoms with E-state index in [2.05, 4.69) is 20.9 Å². The molecule has 13 heavy (non-hydrogen) atoms. The summed E-state index contributed by atoms with van der Waals surface area (Å²) in [5, 5.41) is 12.3. The molecule has 0 spiro atoms. The van der Waals surface area contributed by atoms with Crippen LogP contribution in [0.5, 0.6) is 0 Å². The molecule has 0 amide bonds. The summed E-state index contributed by atoms with van der Waals surface area (Å²) in [6.07, 6.45) is 1.60. The lowest BCUT2D eigenvalue weighted by molar-refractivity contribution is 0.283. The van der Waals surface area contributed by atoms with Crippen LogP contribution in [0.1, 0.15) is 5.56 Å². The standard InChI is InChI=1S/C8H5BrClNOS/c9-5-3-13-7-4(2-12)1-11-8(10)6(5)7/h1,3,12H,2H2. The Morgan fingerprint density at radius 2 is 2.38 bits per heavy atom. The summed E-state index contributed by atoms with van der Waals surface area (Å²) in [6, 6.07) is 0. The normalized spacial score (nSPS) is 11.0. The summed E-state index contributed by atoms with van der Waals surface area (Å²) in [6.45, 7) is -0.00633. The molecule has 0 atom stereocenters. The second kappa shape index (κ2) is 3.53. The summed E-state index contributed by atoms with van der Waals surface area (Å²) in [4.78, 5) is 3.99. The molecule has 0 aliphatic carbocycles. The predicted octanol–water partition coefficient (Wildman–Crippen LogP) is 3.20. The van der Waals surface area contributed by atoms with Gasteiger partial charge in [-0.05, 0) is 15.9 Å². The van der Waals surface area contributed by atoms with Gasteiger partial charge in [-0.1, -0.05) is 11.6 Å². The summed E-state index contributed by atoms with van der Waals surface area (Å²) in [5.41, 5.74) is 0.815. The van der Waals surface area contributed by atoms with Crippen LogP contribution in [0.2, 0.25) is 5.15 Å². The van der Waals surface area contributed by atoms with Gasteiger partial charge in [0.25, 0.3) is 0 Å². The van der Waals surface area contributed by atoms with E-state index in [1.807, 2.05) is 5.38 Å². The minimum absolute atomic E-state index is 0.00633. The van der Waals surface area contributed by atoms with Crippen molar-refractivity contribution >= 4 is 49.0 Å². The van der Waals surface area contributed by atoms with E-state index in [4.69, 9.17) is 16.7 Å². The molecule has 0 aliphatic rings. The first-order valence-electron chi connectivity index (χ1n) is 3.55. The molecule has 0 saturated heterocycles. The first-order valence-corrected chi connectivity index (χ1v) is 5.60. The number of hydrogen-bond acceptors (Lipinski definition) is 3. The van der Waals surface area contributed by atoms with E-state index in [1.165, 1.54) is 0 Å². The van der Waals surface area contributed by atoms with Crippen molar-refractivity contribution in [3.8, 4) is 0 Å². The molecule has 0 fully saturated rings. The summed E-state index contributed by atoms with van der Waals surface area (Å²) < 4.78 is 1.93. The van der Waals surface area contributed by atoms with Crippen molar-refractivity contribution in [1.82, 2.24) is 4.98 Å². The van der Waals surface area contributed by atoms with E-state index in [9.17, 15) is 0 Å². The van der Waals surface area contributed by atoms with E-state index < -0.39 is 0 Å². The maximum absolute atomic E-state index is 9.04. The quantitative estimate of drug-likeness (QED) is 0.813. The van der Waals surface area contributed by atoms with Gasteiger partial charge in [0.1, 0.15) is 5.15 Å². The van der Waals surface area contributed by atoms with Gasteiger partial charge < -0.3 is 5.11 Å². The third-order valence-electron chi connectivity index (χ3n) is 1.75. The average Bonchev–Trinajstić information content (AvgIpc) is 2.50. The third-order valence-corrected chi connectivity index (χ3v) is 4.02. The Kier molecular flexibility index (Phi) is 2.55. The Labute approximate surface area is 92.3 Å². The lowest BCUT2D eigenvalue weighted by Crippen LogP contribution is -1.86. The largest absolute Gasteiger partial charge is 0.392 e. The zero-order chi connectivity index (χ0) is 9.42. The van der Waals surface area contributed by atoms with Crippen LogP contribution in [0.15, 0.2) is 16.0 Å². The van der Waals surface area contributed by atoms with Crippen molar-refractivity contribution in [3.63, 3.8) is 0 Å². The maximum Gasteiger partial charge on any atom is 0.138 e. The Balaban J connectivity index is 2.87. The number of nitrogens with zero attached hydrogens (tertiary/aromatic N) is 1. The number of thiophene rings is 1. The van der Waals surface area contributed by atoms with Crippen molar-refractivity contribution in [2.75, 3.05) is 0 Å². The van der Waals surface area contributed by atoms with E-state index >= 15 is 0 Å². The highest BCUT2D eigenvalue weighted by Crippen LogP contribution is 2.36. The molecule has 0 aromatic carbocycles. The topological polar surface area (TPSA) is 33.1 Å². The number of fused-ring (bicyclic) bond motifs is 1. The van der Waals surface area contributed by atoms with E-state index in [0.29, 0.717) is 5.15 Å². The van der Waals surface area contributed by atoms with Gasteiger partial charge in [0, 0.05) is 31.7 Å². The van der Waals surface area contributed by atoms with Crippen LogP contribution >= 0.6 is 38.9 Å². The smallest absolute Gasteiger partial charge is 0.138 e. The van der Waals surface area contributed by atoms with Gasteiger partial charge in [-0.2, -0.15) is 0 Å². The van der Waals surface area contributed by atoms with Crippen LogP contribution in [0.25, 0.3) is 10.1 Å². The number of hydrogen-bond donors (Lipinski definition) is 1. The Bertz CT molecular complexity index is 457. The fourth-order valence-corrected chi connectivity index (χ4v) is 3.28. The fraction of sp³-hybridized carbons (Fsp3) is 0.125. The molecule has 1 N–H and O–H groups in total. The third kappa shape index (κ3) is 1.48. The monoisotopic (exact) mass is 277 g/mol. The molecule has 2 heterocycles. The molecule has 2 rings (SSSR count). The molecular weight excluding hydrogens is 274 g/mol. The number of halogens is 2. The molecule has 0 bridgehead atoms. The SMILES string of the molecule is OCc1cnc(Cl)c2c(Br)csc12. The lowest BCUT2D eigenvalue weighted by Gasteiger charge is -1.99. The van der Waals surface area contributed by atoms with Crippen LogP contribution in [0.3, 0.4) is 0 Å². The fourth-order valence-electron chi connectivity index (χ4n) is 1.14. The van der Waals surface area contributed by atoms with Crippen molar-refractivity contribution in [2.45, 2.75) is 6.61 Å². The first kappa shape index (κ1) is 9.40. The average molecular weight is 279 g/mol. The van der Waals surface area contributed by atoms with Crippen LogP contribution in [0.4, 0.5) is 0 Å². The molecule has 2 nitrogen and oxygen atoms in total. The summed E-state index contributed by atoms with van der Waals surface area (Å²) >= 11 is 10.8. The molecule has 2 aromatic heterocycles. The van der Waals surface area contributed by atoms with Crippen LogP contribution < -0.4 is 0 Å². The Morgan fingerprint density at radius 3 is 3.08 bits per heavy atom. The van der Waals surface area contributed by atoms with Crippen molar-refractivity contribution < 1.29 is 5.11 Å². The number of rotatable bonds is 1. The molecule has 0 unspecified atom stereocenters. The van der Waals surface area contributed by atoms with E-state index in [0.717, 1.165) is 20.1 Å². The minimum Gasteiger partial charge on any atom is -0.392 e. The number of aliphatic hydroxyl groups is 1. The summed E-state index contributed by atoms with van der Waals surface area (Å²) in [5.74, 6) is 0.